The molecule has 1 saturated heterocycles. The van der Waals surface area contributed by atoms with E-state index in [0.717, 1.165) is 24.3 Å². The van der Waals surface area contributed by atoms with Gasteiger partial charge in [-0.25, -0.2) is 0 Å². The van der Waals surface area contributed by atoms with Gasteiger partial charge in [0.25, 0.3) is 0 Å². The first kappa shape index (κ1) is 14.8. The Hall–Kier alpha value is -0.120. The molecule has 2 aliphatic carbocycles. The van der Waals surface area contributed by atoms with Gasteiger partial charge in [-0.05, 0) is 76.5 Å². The zero-order valence-electron chi connectivity index (χ0n) is 13.5. The smallest absolute Gasteiger partial charge is 0.0353 e. The Morgan fingerprint density at radius 2 is 1.95 bits per heavy atom. The highest BCUT2D eigenvalue weighted by molar-refractivity contribution is 4.98. The lowest BCUT2D eigenvalue weighted by Crippen LogP contribution is -2.59. The van der Waals surface area contributed by atoms with Crippen LogP contribution in [0, 0.1) is 17.8 Å². The zero-order valence-corrected chi connectivity index (χ0v) is 13.5. The summed E-state index contributed by atoms with van der Waals surface area (Å²) in [5, 5.41) is 0. The monoisotopic (exact) mass is 279 g/mol. The van der Waals surface area contributed by atoms with Crippen molar-refractivity contribution in [2.24, 2.45) is 23.5 Å². The maximum Gasteiger partial charge on any atom is 0.0353 e. The molecule has 3 nitrogen and oxygen atoms in total. The van der Waals surface area contributed by atoms with E-state index < -0.39 is 0 Å². The van der Waals surface area contributed by atoms with Crippen molar-refractivity contribution < 1.29 is 0 Å². The Labute approximate surface area is 124 Å². The second kappa shape index (κ2) is 5.94. The molecule has 3 fully saturated rings. The maximum absolute atomic E-state index is 6.22. The van der Waals surface area contributed by atoms with E-state index in [1.165, 1.54) is 64.7 Å². The van der Waals surface area contributed by atoms with E-state index in [0.29, 0.717) is 0 Å². The van der Waals surface area contributed by atoms with Gasteiger partial charge in [0.2, 0.25) is 0 Å². The van der Waals surface area contributed by atoms with Crippen LogP contribution in [0.4, 0.5) is 0 Å². The van der Waals surface area contributed by atoms with E-state index in [2.05, 4.69) is 23.8 Å². The van der Waals surface area contributed by atoms with Gasteiger partial charge >= 0.3 is 0 Å². The quantitative estimate of drug-likeness (QED) is 0.837. The van der Waals surface area contributed by atoms with Crippen LogP contribution in [0.1, 0.15) is 45.4 Å². The minimum atomic E-state index is 0.285. The van der Waals surface area contributed by atoms with Gasteiger partial charge in [-0.1, -0.05) is 13.3 Å². The Bertz CT molecular complexity index is 322. The van der Waals surface area contributed by atoms with Crippen LogP contribution >= 0.6 is 0 Å². The van der Waals surface area contributed by atoms with Crippen molar-refractivity contribution in [2.45, 2.75) is 51.0 Å². The predicted molar refractivity (Wildman–Crippen MR) is 84.7 cm³/mol. The zero-order chi connectivity index (χ0) is 14.2. The molecule has 3 rings (SSSR count). The van der Waals surface area contributed by atoms with Crippen molar-refractivity contribution in [1.29, 1.82) is 0 Å². The summed E-state index contributed by atoms with van der Waals surface area (Å²) in [4.78, 5) is 5.23. The van der Waals surface area contributed by atoms with Crippen LogP contribution in [-0.4, -0.2) is 55.1 Å². The highest BCUT2D eigenvalue weighted by Crippen LogP contribution is 2.49. The van der Waals surface area contributed by atoms with Crippen molar-refractivity contribution in [1.82, 2.24) is 9.80 Å². The molecule has 1 heterocycles. The Morgan fingerprint density at radius 1 is 1.20 bits per heavy atom. The number of rotatable bonds is 5. The average molecular weight is 279 g/mol. The van der Waals surface area contributed by atoms with Crippen LogP contribution in [0.5, 0.6) is 0 Å². The third-order valence-electron chi connectivity index (χ3n) is 6.82. The Morgan fingerprint density at radius 3 is 2.45 bits per heavy atom. The number of likely N-dealkylation sites (N-methyl/N-ethyl adjacent to an activating group) is 1. The summed E-state index contributed by atoms with van der Waals surface area (Å²) in [6.07, 6.45) is 8.55. The van der Waals surface area contributed by atoms with E-state index in [1.807, 2.05) is 0 Å². The number of nitrogens with two attached hydrogens (primary N) is 1. The van der Waals surface area contributed by atoms with E-state index in [9.17, 15) is 0 Å². The topological polar surface area (TPSA) is 32.5 Å². The van der Waals surface area contributed by atoms with Gasteiger partial charge < -0.3 is 10.6 Å². The molecule has 20 heavy (non-hydrogen) atoms. The minimum Gasteiger partial charge on any atom is -0.329 e. The molecule has 0 aromatic carbocycles. The number of hydrogen-bond donors (Lipinski definition) is 1. The Kier molecular flexibility index (Phi) is 4.40. The standard InChI is InChI=1S/C17H33N3/c1-3-20-8-6-17(13-18,7-9-20)19(2)12-16-11-14-4-5-15(16)10-14/h14-16H,3-13,18H2,1-2H3. The van der Waals surface area contributed by atoms with Crippen molar-refractivity contribution in [3.05, 3.63) is 0 Å². The molecular weight excluding hydrogens is 246 g/mol. The van der Waals surface area contributed by atoms with Gasteiger partial charge in [-0.2, -0.15) is 0 Å². The van der Waals surface area contributed by atoms with Crippen LogP contribution in [0.25, 0.3) is 0 Å². The van der Waals surface area contributed by atoms with E-state index in [1.54, 1.807) is 0 Å². The molecule has 0 amide bonds. The van der Waals surface area contributed by atoms with Crippen molar-refractivity contribution >= 4 is 0 Å². The molecule has 3 heteroatoms. The summed E-state index contributed by atoms with van der Waals surface area (Å²) in [6, 6.07) is 0. The van der Waals surface area contributed by atoms with Crippen LogP contribution in [0.15, 0.2) is 0 Å². The SMILES string of the molecule is CCN1CCC(CN)(N(C)CC2CC3CCC2C3)CC1. The van der Waals surface area contributed by atoms with E-state index in [-0.39, 0.29) is 5.54 Å². The molecule has 0 aromatic heterocycles. The molecule has 3 unspecified atom stereocenters. The molecule has 0 spiro atoms. The van der Waals surface area contributed by atoms with Gasteiger partial charge in [0.15, 0.2) is 0 Å². The van der Waals surface area contributed by atoms with Gasteiger partial charge in [0, 0.05) is 18.6 Å². The van der Waals surface area contributed by atoms with Gasteiger partial charge in [-0.3, -0.25) is 4.90 Å². The summed E-state index contributed by atoms with van der Waals surface area (Å²) in [7, 11) is 2.35. The van der Waals surface area contributed by atoms with Crippen LogP contribution in [0.2, 0.25) is 0 Å². The second-order valence-electron chi connectivity index (χ2n) is 7.68. The summed E-state index contributed by atoms with van der Waals surface area (Å²) >= 11 is 0. The lowest BCUT2D eigenvalue weighted by Gasteiger charge is -2.48. The van der Waals surface area contributed by atoms with Crippen LogP contribution in [-0.2, 0) is 0 Å². The number of hydrogen-bond acceptors (Lipinski definition) is 3. The summed E-state index contributed by atoms with van der Waals surface area (Å²) in [6.45, 7) is 8.06. The van der Waals surface area contributed by atoms with Gasteiger partial charge in [-0.15, -0.1) is 0 Å². The molecule has 1 aliphatic heterocycles. The summed E-state index contributed by atoms with van der Waals surface area (Å²) in [5.74, 6) is 3.06. The van der Waals surface area contributed by atoms with Crippen molar-refractivity contribution in [2.75, 3.05) is 39.8 Å². The van der Waals surface area contributed by atoms with Gasteiger partial charge in [0.05, 0.1) is 0 Å². The van der Waals surface area contributed by atoms with Crippen LogP contribution in [0.3, 0.4) is 0 Å². The van der Waals surface area contributed by atoms with E-state index in [4.69, 9.17) is 5.73 Å². The molecular formula is C17H33N3. The second-order valence-corrected chi connectivity index (χ2v) is 7.68. The summed E-state index contributed by atoms with van der Waals surface area (Å²) in [5.41, 5.74) is 6.50. The molecule has 0 aromatic rings. The van der Waals surface area contributed by atoms with Crippen LogP contribution < -0.4 is 5.73 Å². The fourth-order valence-corrected chi connectivity index (χ4v) is 5.17. The molecule has 2 N–H and O–H groups in total. The fourth-order valence-electron chi connectivity index (χ4n) is 5.17. The maximum atomic E-state index is 6.22. The summed E-state index contributed by atoms with van der Waals surface area (Å²) < 4.78 is 0. The minimum absolute atomic E-state index is 0.285. The molecule has 2 bridgehead atoms. The number of likely N-dealkylation sites (tertiary alicyclic amines) is 1. The number of piperidine rings is 1. The molecule has 3 aliphatic rings. The Balaban J connectivity index is 1.58. The average Bonchev–Trinajstić information content (AvgIpc) is 3.09. The number of fused-ring (bicyclic) bond motifs is 2. The lowest BCUT2D eigenvalue weighted by molar-refractivity contribution is 0.0304. The molecule has 2 saturated carbocycles. The van der Waals surface area contributed by atoms with Gasteiger partial charge in [0.1, 0.15) is 0 Å². The molecule has 116 valence electrons. The predicted octanol–water partition coefficient (Wildman–Crippen LogP) is 2.17. The first-order valence-corrected chi connectivity index (χ1v) is 8.80. The third kappa shape index (κ3) is 2.65. The first-order chi connectivity index (χ1) is 9.66. The highest BCUT2D eigenvalue weighted by atomic mass is 15.2. The van der Waals surface area contributed by atoms with Crippen molar-refractivity contribution in [3.8, 4) is 0 Å². The lowest BCUT2D eigenvalue weighted by atomic mass is 9.83. The fraction of sp³-hybridized carbons (Fsp3) is 1.00. The largest absolute Gasteiger partial charge is 0.329 e. The third-order valence-corrected chi connectivity index (χ3v) is 6.82. The first-order valence-electron chi connectivity index (χ1n) is 8.80. The molecule has 0 radical (unpaired) electrons. The highest BCUT2D eigenvalue weighted by Gasteiger charge is 2.43. The molecule has 3 atom stereocenters. The van der Waals surface area contributed by atoms with Crippen molar-refractivity contribution in [3.63, 3.8) is 0 Å². The number of nitrogens with zero attached hydrogens (tertiary/aromatic N) is 2. The normalized spacial score (nSPS) is 36.9. The van der Waals surface area contributed by atoms with E-state index >= 15 is 0 Å².